The molecular formula is C13H23N. The van der Waals surface area contributed by atoms with E-state index >= 15 is 0 Å². The average Bonchev–Trinajstić information content (AvgIpc) is 2.67. The van der Waals surface area contributed by atoms with Crippen molar-refractivity contribution in [2.24, 2.45) is 11.3 Å². The number of nitrogens with zero attached hydrogens (tertiary/aromatic N) is 1. The van der Waals surface area contributed by atoms with Crippen molar-refractivity contribution in [1.82, 2.24) is 4.90 Å². The summed E-state index contributed by atoms with van der Waals surface area (Å²) in [5.74, 6) is 1.06. The smallest absolute Gasteiger partial charge is 0.0292 e. The Morgan fingerprint density at radius 1 is 1.07 bits per heavy atom. The van der Waals surface area contributed by atoms with Crippen LogP contribution in [0.3, 0.4) is 0 Å². The van der Waals surface area contributed by atoms with Crippen LogP contribution in [-0.4, -0.2) is 23.5 Å². The summed E-state index contributed by atoms with van der Waals surface area (Å²) in [5, 5.41) is 0. The van der Waals surface area contributed by atoms with Gasteiger partial charge in [-0.05, 0) is 56.5 Å². The van der Waals surface area contributed by atoms with Crippen LogP contribution >= 0.6 is 0 Å². The van der Waals surface area contributed by atoms with E-state index in [1.54, 1.807) is 0 Å². The van der Waals surface area contributed by atoms with Crippen LogP contribution in [0.1, 0.15) is 52.4 Å². The average molecular weight is 193 g/mol. The van der Waals surface area contributed by atoms with Crippen molar-refractivity contribution in [3.63, 3.8) is 0 Å². The lowest BCUT2D eigenvalue weighted by molar-refractivity contribution is 0.0431. The van der Waals surface area contributed by atoms with Crippen molar-refractivity contribution < 1.29 is 0 Å². The highest BCUT2D eigenvalue weighted by molar-refractivity contribution is 5.21. The van der Waals surface area contributed by atoms with Gasteiger partial charge in [-0.15, -0.1) is 0 Å². The second-order valence-electron chi connectivity index (χ2n) is 6.30. The molecule has 1 heterocycles. The van der Waals surface area contributed by atoms with Crippen molar-refractivity contribution in [2.45, 2.75) is 57.9 Å². The zero-order valence-electron chi connectivity index (χ0n) is 9.68. The highest BCUT2D eigenvalue weighted by atomic mass is 15.3. The molecule has 1 heteroatoms. The van der Waals surface area contributed by atoms with Crippen molar-refractivity contribution in [1.29, 1.82) is 0 Å². The second-order valence-corrected chi connectivity index (χ2v) is 6.30. The number of rotatable bonds is 1. The Kier molecular flexibility index (Phi) is 1.81. The first-order valence-electron chi connectivity index (χ1n) is 6.42. The number of likely N-dealkylation sites (tertiary alicyclic amines) is 1. The predicted molar refractivity (Wildman–Crippen MR) is 59.3 cm³/mol. The van der Waals surface area contributed by atoms with Gasteiger partial charge >= 0.3 is 0 Å². The number of hydrogen-bond acceptors (Lipinski definition) is 1. The predicted octanol–water partition coefficient (Wildman–Crippen LogP) is 3.05. The van der Waals surface area contributed by atoms with Gasteiger partial charge in [0.2, 0.25) is 0 Å². The minimum Gasteiger partial charge on any atom is -0.297 e. The van der Waals surface area contributed by atoms with Gasteiger partial charge in [0.15, 0.2) is 0 Å². The maximum atomic E-state index is 2.84. The summed E-state index contributed by atoms with van der Waals surface area (Å²) < 4.78 is 0. The van der Waals surface area contributed by atoms with Crippen LogP contribution in [-0.2, 0) is 0 Å². The van der Waals surface area contributed by atoms with Gasteiger partial charge in [0.25, 0.3) is 0 Å². The third-order valence-corrected chi connectivity index (χ3v) is 5.27. The minimum absolute atomic E-state index is 0.597. The van der Waals surface area contributed by atoms with E-state index in [1.165, 1.54) is 51.6 Å². The molecule has 3 aliphatic rings. The Labute approximate surface area is 87.9 Å². The van der Waals surface area contributed by atoms with Crippen molar-refractivity contribution in [2.75, 3.05) is 13.1 Å². The Morgan fingerprint density at radius 3 is 2.43 bits per heavy atom. The highest BCUT2D eigenvalue weighted by Crippen LogP contribution is 2.66. The lowest BCUT2D eigenvalue weighted by atomic mass is 9.71. The monoisotopic (exact) mass is 193 g/mol. The van der Waals surface area contributed by atoms with Crippen LogP contribution in [0, 0.1) is 11.3 Å². The van der Waals surface area contributed by atoms with Gasteiger partial charge in [-0.3, -0.25) is 4.90 Å². The highest BCUT2D eigenvalue weighted by Gasteiger charge is 2.66. The standard InChI is InChI=1S/C13H23N/c1-12(2)7-5-6-11-10-13(11,12)14-8-3-4-9-14/h11H,3-10H2,1-2H3. The van der Waals surface area contributed by atoms with Gasteiger partial charge in [-0.2, -0.15) is 0 Å². The van der Waals surface area contributed by atoms with Gasteiger partial charge in [0, 0.05) is 5.54 Å². The summed E-state index contributed by atoms with van der Waals surface area (Å²) in [5.41, 5.74) is 1.25. The molecule has 2 saturated carbocycles. The first-order chi connectivity index (χ1) is 6.67. The van der Waals surface area contributed by atoms with Gasteiger partial charge in [-0.25, -0.2) is 0 Å². The molecule has 1 nitrogen and oxygen atoms in total. The maximum absolute atomic E-state index is 2.84. The normalized spacial score (nSPS) is 46.3. The lowest BCUT2D eigenvalue weighted by Crippen LogP contribution is -2.49. The summed E-state index contributed by atoms with van der Waals surface area (Å²) >= 11 is 0. The van der Waals surface area contributed by atoms with Crippen LogP contribution in [0.4, 0.5) is 0 Å². The van der Waals surface area contributed by atoms with Gasteiger partial charge in [0.1, 0.15) is 0 Å². The molecule has 0 radical (unpaired) electrons. The van der Waals surface area contributed by atoms with Crippen molar-refractivity contribution >= 4 is 0 Å². The topological polar surface area (TPSA) is 3.24 Å². The van der Waals surface area contributed by atoms with Crippen LogP contribution in [0.15, 0.2) is 0 Å². The Bertz CT molecular complexity index is 240. The molecule has 3 fully saturated rings. The molecule has 2 aliphatic carbocycles. The summed E-state index contributed by atoms with van der Waals surface area (Å²) in [6.07, 6.45) is 8.86. The fourth-order valence-electron chi connectivity index (χ4n) is 4.42. The molecule has 0 bridgehead atoms. The molecule has 0 N–H and O–H groups in total. The van der Waals surface area contributed by atoms with Gasteiger partial charge in [-0.1, -0.05) is 20.3 Å². The lowest BCUT2D eigenvalue weighted by Gasteiger charge is -2.45. The molecule has 0 aromatic carbocycles. The molecular weight excluding hydrogens is 170 g/mol. The molecule has 1 saturated heterocycles. The fraction of sp³-hybridized carbons (Fsp3) is 1.00. The quantitative estimate of drug-likeness (QED) is 0.618. The van der Waals surface area contributed by atoms with Crippen molar-refractivity contribution in [3.05, 3.63) is 0 Å². The first kappa shape index (κ1) is 9.21. The zero-order valence-corrected chi connectivity index (χ0v) is 9.68. The number of fused-ring (bicyclic) bond motifs is 1. The second kappa shape index (κ2) is 2.75. The molecule has 2 unspecified atom stereocenters. The Morgan fingerprint density at radius 2 is 1.79 bits per heavy atom. The molecule has 3 rings (SSSR count). The van der Waals surface area contributed by atoms with E-state index in [0.717, 1.165) is 5.92 Å². The van der Waals surface area contributed by atoms with E-state index in [4.69, 9.17) is 0 Å². The third kappa shape index (κ3) is 0.997. The summed E-state index contributed by atoms with van der Waals surface area (Å²) in [6, 6.07) is 0. The van der Waals surface area contributed by atoms with Crippen LogP contribution in [0.5, 0.6) is 0 Å². The number of hydrogen-bond donors (Lipinski definition) is 0. The van der Waals surface area contributed by atoms with Crippen LogP contribution in [0.25, 0.3) is 0 Å². The Balaban J connectivity index is 1.87. The molecule has 0 amide bonds. The first-order valence-corrected chi connectivity index (χ1v) is 6.42. The van der Waals surface area contributed by atoms with Crippen molar-refractivity contribution in [3.8, 4) is 0 Å². The SMILES string of the molecule is CC1(C)CCCC2CC21N1CCCC1. The fourth-order valence-corrected chi connectivity index (χ4v) is 4.42. The summed E-state index contributed by atoms with van der Waals surface area (Å²) in [6.45, 7) is 7.81. The minimum atomic E-state index is 0.597. The molecule has 14 heavy (non-hydrogen) atoms. The Hall–Kier alpha value is -0.0400. The molecule has 0 aromatic heterocycles. The van der Waals surface area contributed by atoms with E-state index in [0.29, 0.717) is 11.0 Å². The molecule has 2 atom stereocenters. The van der Waals surface area contributed by atoms with E-state index in [9.17, 15) is 0 Å². The summed E-state index contributed by atoms with van der Waals surface area (Å²) in [4.78, 5) is 2.84. The maximum Gasteiger partial charge on any atom is 0.0292 e. The van der Waals surface area contributed by atoms with Gasteiger partial charge < -0.3 is 0 Å². The van der Waals surface area contributed by atoms with Gasteiger partial charge in [0.05, 0.1) is 0 Å². The van der Waals surface area contributed by atoms with Crippen LogP contribution < -0.4 is 0 Å². The third-order valence-electron chi connectivity index (χ3n) is 5.27. The largest absolute Gasteiger partial charge is 0.297 e. The molecule has 80 valence electrons. The molecule has 0 aromatic rings. The molecule has 1 aliphatic heterocycles. The van der Waals surface area contributed by atoms with E-state index in [-0.39, 0.29) is 0 Å². The molecule has 0 spiro atoms. The van der Waals surface area contributed by atoms with E-state index in [2.05, 4.69) is 18.7 Å². The zero-order chi connectivity index (χ0) is 9.81. The summed E-state index contributed by atoms with van der Waals surface area (Å²) in [7, 11) is 0. The van der Waals surface area contributed by atoms with E-state index in [1.807, 2.05) is 0 Å². The van der Waals surface area contributed by atoms with Crippen LogP contribution in [0.2, 0.25) is 0 Å². The van der Waals surface area contributed by atoms with E-state index < -0.39 is 0 Å².